The number of hydrogen-bond donors (Lipinski definition) is 0. The maximum Gasteiger partial charge on any atom is 0.308 e. The van der Waals surface area contributed by atoms with Gasteiger partial charge in [0, 0.05) is 5.41 Å². The topological polar surface area (TPSA) is 78.9 Å². The van der Waals surface area contributed by atoms with Crippen molar-refractivity contribution >= 4 is 16.1 Å². The smallest absolute Gasteiger partial charge is 0.308 e. The quantitative estimate of drug-likeness (QED) is 0.566. The summed E-state index contributed by atoms with van der Waals surface area (Å²) in [5.41, 5.74) is -0.669. The molecule has 0 aromatic heterocycles. The van der Waals surface area contributed by atoms with Gasteiger partial charge in [0.2, 0.25) is 6.29 Å². The molecule has 0 bridgehead atoms. The lowest BCUT2D eigenvalue weighted by molar-refractivity contribution is -0.242. The van der Waals surface area contributed by atoms with Crippen LogP contribution in [-0.4, -0.2) is 39.1 Å². The Balaban J connectivity index is 2.98. The third kappa shape index (κ3) is 4.22. The summed E-state index contributed by atoms with van der Waals surface area (Å²) >= 11 is 0. The SMILES string of the molecule is CC(C)OC1OC(=O)CC(C)(C)C1OS(C)(=O)=O. The molecule has 106 valence electrons. The summed E-state index contributed by atoms with van der Waals surface area (Å²) in [7, 11) is -3.65. The molecule has 2 unspecified atom stereocenters. The number of hydrogen-bond acceptors (Lipinski definition) is 6. The van der Waals surface area contributed by atoms with Gasteiger partial charge in [-0.1, -0.05) is 13.8 Å². The van der Waals surface area contributed by atoms with Gasteiger partial charge in [0.25, 0.3) is 10.1 Å². The molecule has 0 radical (unpaired) electrons. The van der Waals surface area contributed by atoms with Gasteiger partial charge in [-0.05, 0) is 13.8 Å². The summed E-state index contributed by atoms with van der Waals surface area (Å²) in [6, 6.07) is 0. The minimum Gasteiger partial charge on any atom is -0.433 e. The molecule has 0 amide bonds. The molecule has 1 aliphatic heterocycles. The lowest BCUT2D eigenvalue weighted by Crippen LogP contribution is -2.52. The number of ether oxygens (including phenoxy) is 2. The number of esters is 1. The Labute approximate surface area is 108 Å². The molecule has 1 rings (SSSR count). The maximum absolute atomic E-state index is 11.5. The normalized spacial score (nSPS) is 28.2. The van der Waals surface area contributed by atoms with E-state index in [0.29, 0.717) is 0 Å². The first-order valence-corrected chi connectivity index (χ1v) is 7.56. The van der Waals surface area contributed by atoms with E-state index in [1.807, 2.05) is 0 Å². The van der Waals surface area contributed by atoms with E-state index in [2.05, 4.69) is 0 Å². The van der Waals surface area contributed by atoms with Crippen LogP contribution in [0.4, 0.5) is 0 Å². The zero-order valence-corrected chi connectivity index (χ0v) is 12.1. The van der Waals surface area contributed by atoms with Gasteiger partial charge >= 0.3 is 5.97 Å². The van der Waals surface area contributed by atoms with Crippen molar-refractivity contribution in [1.29, 1.82) is 0 Å². The van der Waals surface area contributed by atoms with Crippen LogP contribution in [-0.2, 0) is 28.6 Å². The van der Waals surface area contributed by atoms with E-state index in [1.165, 1.54) is 0 Å². The minimum absolute atomic E-state index is 0.0884. The standard InChI is InChI=1S/C11H20O6S/c1-7(2)15-10-9(17-18(5,13)14)11(3,4)6-8(12)16-10/h7,9-10H,6H2,1-5H3. The Morgan fingerprint density at radius 1 is 1.39 bits per heavy atom. The predicted octanol–water partition coefficient (Wildman–Crippen LogP) is 1.06. The van der Waals surface area contributed by atoms with Gasteiger partial charge in [0.1, 0.15) is 6.10 Å². The number of rotatable bonds is 4. The van der Waals surface area contributed by atoms with E-state index in [1.54, 1.807) is 27.7 Å². The van der Waals surface area contributed by atoms with E-state index >= 15 is 0 Å². The summed E-state index contributed by atoms with van der Waals surface area (Å²) in [6.07, 6.45) is -0.997. The average Bonchev–Trinajstić information content (AvgIpc) is 2.07. The molecule has 0 aliphatic carbocycles. The molecule has 0 N–H and O–H groups in total. The molecule has 2 atom stereocenters. The first-order chi connectivity index (χ1) is 8.01. The van der Waals surface area contributed by atoms with E-state index in [9.17, 15) is 13.2 Å². The number of cyclic esters (lactones) is 1. The fourth-order valence-electron chi connectivity index (χ4n) is 1.81. The van der Waals surface area contributed by atoms with Crippen LogP contribution in [0.1, 0.15) is 34.1 Å². The Kier molecular flexibility index (Phi) is 4.40. The van der Waals surface area contributed by atoms with Crippen molar-refractivity contribution in [2.24, 2.45) is 5.41 Å². The fourth-order valence-corrected chi connectivity index (χ4v) is 2.53. The van der Waals surface area contributed by atoms with Crippen LogP contribution in [0.15, 0.2) is 0 Å². The van der Waals surface area contributed by atoms with Crippen molar-refractivity contribution in [1.82, 2.24) is 0 Å². The largest absolute Gasteiger partial charge is 0.433 e. The molecule has 0 aromatic carbocycles. The van der Waals surface area contributed by atoms with Crippen LogP contribution in [0.5, 0.6) is 0 Å². The Morgan fingerprint density at radius 2 is 1.94 bits per heavy atom. The van der Waals surface area contributed by atoms with Gasteiger partial charge in [-0.15, -0.1) is 0 Å². The molecule has 1 saturated heterocycles. The monoisotopic (exact) mass is 280 g/mol. The van der Waals surface area contributed by atoms with E-state index in [4.69, 9.17) is 13.7 Å². The third-order valence-electron chi connectivity index (χ3n) is 2.55. The molecule has 7 heteroatoms. The zero-order valence-electron chi connectivity index (χ0n) is 11.3. The van der Waals surface area contributed by atoms with Gasteiger partial charge in [-0.2, -0.15) is 8.42 Å². The Hall–Kier alpha value is -0.660. The van der Waals surface area contributed by atoms with Crippen LogP contribution < -0.4 is 0 Å². The second-order valence-corrected chi connectivity index (χ2v) is 7.03. The molecule has 1 heterocycles. The van der Waals surface area contributed by atoms with Crippen LogP contribution in [0.25, 0.3) is 0 Å². The second-order valence-electron chi connectivity index (χ2n) is 5.43. The Bertz CT molecular complexity index is 411. The number of carbonyl (C=O) groups excluding carboxylic acids is 1. The predicted molar refractivity (Wildman–Crippen MR) is 64.2 cm³/mol. The van der Waals surface area contributed by atoms with Gasteiger partial charge in [-0.25, -0.2) is 0 Å². The van der Waals surface area contributed by atoms with Gasteiger partial charge < -0.3 is 9.47 Å². The molecule has 1 aliphatic rings. The summed E-state index contributed by atoms with van der Waals surface area (Å²) < 4.78 is 38.1. The molecular formula is C11H20O6S. The van der Waals surface area contributed by atoms with Gasteiger partial charge in [0.15, 0.2) is 0 Å². The van der Waals surface area contributed by atoms with Crippen molar-refractivity contribution in [2.75, 3.05) is 6.26 Å². The lowest BCUT2D eigenvalue weighted by atomic mass is 9.81. The van der Waals surface area contributed by atoms with Crippen LogP contribution in [0.3, 0.4) is 0 Å². The first-order valence-electron chi connectivity index (χ1n) is 5.74. The zero-order chi connectivity index (χ0) is 14.1. The summed E-state index contributed by atoms with van der Waals surface area (Å²) in [5, 5.41) is 0. The molecule has 0 spiro atoms. The molecule has 0 saturated carbocycles. The summed E-state index contributed by atoms with van der Waals surface area (Å²) in [4.78, 5) is 11.5. The van der Waals surface area contributed by atoms with Crippen molar-refractivity contribution in [3.05, 3.63) is 0 Å². The molecule has 6 nitrogen and oxygen atoms in total. The summed E-state index contributed by atoms with van der Waals surface area (Å²) in [6.45, 7) is 7.04. The van der Waals surface area contributed by atoms with E-state index < -0.39 is 33.9 Å². The van der Waals surface area contributed by atoms with Crippen molar-refractivity contribution in [2.45, 2.75) is 52.6 Å². The van der Waals surface area contributed by atoms with Crippen molar-refractivity contribution in [3.63, 3.8) is 0 Å². The molecule has 0 aromatic rings. The Morgan fingerprint density at radius 3 is 2.39 bits per heavy atom. The number of carbonyl (C=O) groups is 1. The van der Waals surface area contributed by atoms with Gasteiger partial charge in [-0.3, -0.25) is 8.98 Å². The molecule has 18 heavy (non-hydrogen) atoms. The summed E-state index contributed by atoms with van der Waals surface area (Å²) in [5.74, 6) is -0.418. The highest BCUT2D eigenvalue weighted by Gasteiger charge is 2.48. The van der Waals surface area contributed by atoms with E-state index in [-0.39, 0.29) is 12.5 Å². The van der Waals surface area contributed by atoms with Gasteiger partial charge in [0.05, 0.1) is 18.8 Å². The second kappa shape index (κ2) is 5.14. The average molecular weight is 280 g/mol. The highest BCUT2D eigenvalue weighted by Crippen LogP contribution is 2.37. The minimum atomic E-state index is -3.65. The molecular weight excluding hydrogens is 260 g/mol. The molecule has 1 fully saturated rings. The third-order valence-corrected chi connectivity index (χ3v) is 3.11. The first kappa shape index (κ1) is 15.4. The van der Waals surface area contributed by atoms with Crippen molar-refractivity contribution < 1.29 is 26.9 Å². The fraction of sp³-hybridized carbons (Fsp3) is 0.909. The van der Waals surface area contributed by atoms with Crippen LogP contribution >= 0.6 is 0 Å². The maximum atomic E-state index is 11.5. The highest BCUT2D eigenvalue weighted by molar-refractivity contribution is 7.86. The van der Waals surface area contributed by atoms with Crippen molar-refractivity contribution in [3.8, 4) is 0 Å². The highest BCUT2D eigenvalue weighted by atomic mass is 32.2. The lowest BCUT2D eigenvalue weighted by Gasteiger charge is -2.41. The van der Waals surface area contributed by atoms with Crippen LogP contribution in [0.2, 0.25) is 0 Å². The van der Waals surface area contributed by atoms with E-state index in [0.717, 1.165) is 6.26 Å². The van der Waals surface area contributed by atoms with Crippen LogP contribution in [0, 0.1) is 5.41 Å².